The minimum Gasteiger partial charge on any atom is -0.395 e. The molecule has 2 N–H and O–H groups in total. The van der Waals surface area contributed by atoms with Crippen LogP contribution in [-0.2, 0) is 4.74 Å². The van der Waals surface area contributed by atoms with E-state index in [1.165, 1.54) is 89.9 Å². The molecule has 1 heterocycles. The Hall–Kier alpha value is -0.160. The van der Waals surface area contributed by atoms with Gasteiger partial charge in [-0.15, -0.1) is 0 Å². The molecule has 1 aliphatic heterocycles. The number of hydrogen-bond donors (Lipinski definition) is 2. The average molecular weight is 372 g/mol. The van der Waals surface area contributed by atoms with Crippen LogP contribution < -0.4 is 0 Å². The number of rotatable bonds is 20. The van der Waals surface area contributed by atoms with Crippen LogP contribution in [0.3, 0.4) is 0 Å². The number of epoxide rings is 1. The van der Waals surface area contributed by atoms with Gasteiger partial charge >= 0.3 is 0 Å². The van der Waals surface area contributed by atoms with Crippen LogP contribution in [0.5, 0.6) is 0 Å². The molecule has 4 heteroatoms. The first-order valence-corrected chi connectivity index (χ1v) is 11.4. The Bertz CT molecular complexity index is 295. The molecule has 1 aliphatic rings. The standard InChI is InChI=1S/C22H45NO3/c1-2-3-4-5-8-11-14-21-22(26-21)15-12-9-6-7-10-13-16-23(17-19-24)18-20-25/h21-22,24-25H,2-20H2,1H3. The number of ether oxygens (including phenoxy) is 1. The Morgan fingerprint density at radius 3 is 1.58 bits per heavy atom. The highest BCUT2D eigenvalue weighted by atomic mass is 16.6. The van der Waals surface area contributed by atoms with E-state index in [-0.39, 0.29) is 13.2 Å². The molecule has 0 saturated carbocycles. The maximum absolute atomic E-state index is 8.99. The van der Waals surface area contributed by atoms with E-state index in [4.69, 9.17) is 14.9 Å². The summed E-state index contributed by atoms with van der Waals surface area (Å²) >= 11 is 0. The second-order valence-electron chi connectivity index (χ2n) is 7.97. The quantitative estimate of drug-likeness (QED) is 0.244. The number of aliphatic hydroxyl groups excluding tert-OH is 2. The van der Waals surface area contributed by atoms with E-state index in [1.807, 2.05) is 0 Å². The molecule has 156 valence electrons. The van der Waals surface area contributed by atoms with Crippen molar-refractivity contribution in [2.24, 2.45) is 0 Å². The Balaban J connectivity index is 1.80. The maximum Gasteiger partial charge on any atom is 0.0841 e. The van der Waals surface area contributed by atoms with E-state index in [0.717, 1.165) is 6.54 Å². The van der Waals surface area contributed by atoms with Gasteiger partial charge < -0.3 is 14.9 Å². The topological polar surface area (TPSA) is 56.2 Å². The van der Waals surface area contributed by atoms with Crippen molar-refractivity contribution in [1.29, 1.82) is 0 Å². The summed E-state index contributed by atoms with van der Waals surface area (Å²) in [6.07, 6.45) is 19.7. The van der Waals surface area contributed by atoms with Gasteiger partial charge in [-0.25, -0.2) is 0 Å². The van der Waals surface area contributed by atoms with E-state index in [2.05, 4.69) is 11.8 Å². The van der Waals surface area contributed by atoms with Crippen molar-refractivity contribution in [2.75, 3.05) is 32.8 Å². The van der Waals surface area contributed by atoms with Crippen molar-refractivity contribution in [2.45, 2.75) is 109 Å². The monoisotopic (exact) mass is 371 g/mol. The first-order chi connectivity index (χ1) is 12.8. The van der Waals surface area contributed by atoms with Crippen LogP contribution in [-0.4, -0.2) is 60.2 Å². The fourth-order valence-electron chi connectivity index (χ4n) is 3.82. The zero-order valence-electron chi connectivity index (χ0n) is 17.3. The number of hydrogen-bond acceptors (Lipinski definition) is 4. The predicted molar refractivity (Wildman–Crippen MR) is 110 cm³/mol. The van der Waals surface area contributed by atoms with Crippen LogP contribution in [0.4, 0.5) is 0 Å². The van der Waals surface area contributed by atoms with Gasteiger partial charge in [-0.2, -0.15) is 0 Å². The van der Waals surface area contributed by atoms with E-state index >= 15 is 0 Å². The lowest BCUT2D eigenvalue weighted by molar-refractivity contribution is 0.159. The molecule has 1 saturated heterocycles. The third-order valence-corrected chi connectivity index (χ3v) is 5.58. The van der Waals surface area contributed by atoms with Crippen molar-refractivity contribution in [3.8, 4) is 0 Å². The van der Waals surface area contributed by atoms with Gasteiger partial charge in [-0.1, -0.05) is 77.6 Å². The van der Waals surface area contributed by atoms with Crippen molar-refractivity contribution in [1.82, 2.24) is 4.90 Å². The van der Waals surface area contributed by atoms with Gasteiger partial charge in [0.05, 0.1) is 25.4 Å². The number of unbranched alkanes of at least 4 members (excludes halogenated alkanes) is 10. The second-order valence-corrected chi connectivity index (χ2v) is 7.97. The molecule has 0 bridgehead atoms. The molecular formula is C22H45NO3. The molecule has 0 aliphatic carbocycles. The molecular weight excluding hydrogens is 326 g/mol. The molecule has 2 unspecified atom stereocenters. The Kier molecular flexibility index (Phi) is 15.6. The van der Waals surface area contributed by atoms with Gasteiger partial charge in [0.1, 0.15) is 0 Å². The SMILES string of the molecule is CCCCCCCCC1OC1CCCCCCCCN(CCO)CCO. The lowest BCUT2D eigenvalue weighted by Gasteiger charge is -2.19. The molecule has 1 rings (SSSR count). The highest BCUT2D eigenvalue weighted by Gasteiger charge is 2.36. The highest BCUT2D eigenvalue weighted by molar-refractivity contribution is 4.84. The molecule has 1 fully saturated rings. The molecule has 0 aromatic heterocycles. The van der Waals surface area contributed by atoms with Crippen molar-refractivity contribution in [3.63, 3.8) is 0 Å². The minimum absolute atomic E-state index is 0.184. The van der Waals surface area contributed by atoms with Crippen LogP contribution in [0, 0.1) is 0 Å². The second kappa shape index (κ2) is 17.0. The lowest BCUT2D eigenvalue weighted by Crippen LogP contribution is -2.30. The predicted octanol–water partition coefficient (Wildman–Crippen LogP) is 4.52. The molecule has 0 aromatic rings. The lowest BCUT2D eigenvalue weighted by atomic mass is 10.0. The molecule has 4 nitrogen and oxygen atoms in total. The van der Waals surface area contributed by atoms with Crippen LogP contribution in [0.2, 0.25) is 0 Å². The summed E-state index contributed by atoms with van der Waals surface area (Å²) < 4.78 is 5.82. The van der Waals surface area contributed by atoms with Crippen LogP contribution in [0.25, 0.3) is 0 Å². The van der Waals surface area contributed by atoms with E-state index in [1.54, 1.807) is 0 Å². The minimum atomic E-state index is 0.184. The van der Waals surface area contributed by atoms with Gasteiger partial charge in [0.15, 0.2) is 0 Å². The van der Waals surface area contributed by atoms with Gasteiger partial charge in [0.2, 0.25) is 0 Å². The zero-order chi connectivity index (χ0) is 18.9. The Labute approximate surface area is 162 Å². The summed E-state index contributed by atoms with van der Waals surface area (Å²) in [6.45, 7) is 5.00. The molecule has 0 aromatic carbocycles. The van der Waals surface area contributed by atoms with Crippen molar-refractivity contribution < 1.29 is 14.9 Å². The molecule has 0 radical (unpaired) electrons. The summed E-state index contributed by atoms with van der Waals surface area (Å²) in [6, 6.07) is 0. The Morgan fingerprint density at radius 1 is 0.615 bits per heavy atom. The third-order valence-electron chi connectivity index (χ3n) is 5.58. The van der Waals surface area contributed by atoms with Crippen LogP contribution >= 0.6 is 0 Å². The molecule has 26 heavy (non-hydrogen) atoms. The van der Waals surface area contributed by atoms with Crippen molar-refractivity contribution >= 4 is 0 Å². The van der Waals surface area contributed by atoms with Crippen LogP contribution in [0.1, 0.15) is 96.8 Å². The van der Waals surface area contributed by atoms with Gasteiger partial charge in [-0.05, 0) is 25.8 Å². The third kappa shape index (κ3) is 13.1. The normalized spacial score (nSPS) is 19.4. The van der Waals surface area contributed by atoms with E-state index in [0.29, 0.717) is 25.3 Å². The van der Waals surface area contributed by atoms with Gasteiger partial charge in [0.25, 0.3) is 0 Å². The highest BCUT2D eigenvalue weighted by Crippen LogP contribution is 2.31. The smallest absolute Gasteiger partial charge is 0.0841 e. The fourth-order valence-corrected chi connectivity index (χ4v) is 3.82. The van der Waals surface area contributed by atoms with E-state index in [9.17, 15) is 0 Å². The number of nitrogens with zero attached hydrogens (tertiary/aromatic N) is 1. The zero-order valence-corrected chi connectivity index (χ0v) is 17.3. The average Bonchev–Trinajstić information content (AvgIpc) is 3.39. The summed E-state index contributed by atoms with van der Waals surface area (Å²) in [7, 11) is 0. The number of aliphatic hydroxyl groups is 2. The van der Waals surface area contributed by atoms with Gasteiger partial charge in [0, 0.05) is 13.1 Å². The summed E-state index contributed by atoms with van der Waals surface area (Å²) in [5, 5.41) is 18.0. The Morgan fingerprint density at radius 2 is 1.08 bits per heavy atom. The fraction of sp³-hybridized carbons (Fsp3) is 1.00. The molecule has 2 atom stereocenters. The summed E-state index contributed by atoms with van der Waals surface area (Å²) in [5.41, 5.74) is 0. The van der Waals surface area contributed by atoms with Crippen molar-refractivity contribution in [3.05, 3.63) is 0 Å². The first kappa shape index (κ1) is 23.9. The maximum atomic E-state index is 8.99. The van der Waals surface area contributed by atoms with Gasteiger partial charge in [-0.3, -0.25) is 4.90 Å². The molecule has 0 amide bonds. The van der Waals surface area contributed by atoms with Crippen LogP contribution in [0.15, 0.2) is 0 Å². The molecule has 0 spiro atoms. The van der Waals surface area contributed by atoms with E-state index < -0.39 is 0 Å². The first-order valence-electron chi connectivity index (χ1n) is 11.4. The summed E-state index contributed by atoms with van der Waals surface area (Å²) in [4.78, 5) is 2.15. The largest absolute Gasteiger partial charge is 0.395 e. The summed E-state index contributed by atoms with van der Waals surface area (Å²) in [5.74, 6) is 0.